The highest BCUT2D eigenvalue weighted by Crippen LogP contribution is 2.20. The van der Waals surface area contributed by atoms with E-state index in [9.17, 15) is 0 Å². The predicted molar refractivity (Wildman–Crippen MR) is 49.3 cm³/mol. The van der Waals surface area contributed by atoms with Gasteiger partial charge in [0.25, 0.3) is 0 Å². The average molecular weight is 161 g/mol. The molecule has 0 aliphatic heterocycles. The van der Waals surface area contributed by atoms with Crippen molar-refractivity contribution in [2.75, 3.05) is 0 Å². The van der Waals surface area contributed by atoms with Gasteiger partial charge in [0, 0.05) is 17.0 Å². The molecule has 1 heterocycles. The maximum atomic E-state index is 9.16. The molecular formula is C10H11NO. The summed E-state index contributed by atoms with van der Waals surface area (Å²) in [5, 5.41) is 10.2. The standard InChI is InChI=1S/C10H11NO/c1-2-7-3-4-9-8(5-7)6-10(12)11-9/h3-6,11-12H,2H2,1H3. The van der Waals surface area contributed by atoms with Crippen molar-refractivity contribution in [2.45, 2.75) is 13.3 Å². The first-order valence-electron chi connectivity index (χ1n) is 4.10. The van der Waals surface area contributed by atoms with E-state index in [1.165, 1.54) is 5.56 Å². The van der Waals surface area contributed by atoms with Crippen LogP contribution in [0.15, 0.2) is 24.3 Å². The summed E-state index contributed by atoms with van der Waals surface area (Å²) in [7, 11) is 0. The lowest BCUT2D eigenvalue weighted by atomic mass is 10.1. The first-order chi connectivity index (χ1) is 5.79. The number of aromatic hydroxyl groups is 1. The molecule has 12 heavy (non-hydrogen) atoms. The lowest BCUT2D eigenvalue weighted by Crippen LogP contribution is -1.77. The summed E-state index contributed by atoms with van der Waals surface area (Å²) in [5.74, 6) is 0.234. The Morgan fingerprint density at radius 3 is 2.92 bits per heavy atom. The summed E-state index contributed by atoms with van der Waals surface area (Å²) < 4.78 is 0. The molecule has 62 valence electrons. The number of aryl methyl sites for hydroxylation is 1. The van der Waals surface area contributed by atoms with Crippen molar-refractivity contribution in [1.29, 1.82) is 0 Å². The third-order valence-electron chi connectivity index (χ3n) is 2.08. The fourth-order valence-corrected chi connectivity index (χ4v) is 1.39. The van der Waals surface area contributed by atoms with E-state index in [2.05, 4.69) is 24.0 Å². The van der Waals surface area contributed by atoms with Crippen molar-refractivity contribution < 1.29 is 5.11 Å². The zero-order valence-corrected chi connectivity index (χ0v) is 6.96. The van der Waals surface area contributed by atoms with Crippen LogP contribution in [0.3, 0.4) is 0 Å². The zero-order valence-electron chi connectivity index (χ0n) is 6.96. The first kappa shape index (κ1) is 7.22. The van der Waals surface area contributed by atoms with Crippen molar-refractivity contribution in [1.82, 2.24) is 4.98 Å². The molecule has 2 aromatic rings. The van der Waals surface area contributed by atoms with Gasteiger partial charge in [0.05, 0.1) is 0 Å². The monoisotopic (exact) mass is 161 g/mol. The molecule has 1 aromatic heterocycles. The molecule has 2 N–H and O–H groups in total. The maximum absolute atomic E-state index is 9.16. The van der Waals surface area contributed by atoms with Gasteiger partial charge in [-0.2, -0.15) is 0 Å². The van der Waals surface area contributed by atoms with Crippen molar-refractivity contribution in [3.63, 3.8) is 0 Å². The highest BCUT2D eigenvalue weighted by Gasteiger charge is 1.98. The van der Waals surface area contributed by atoms with Crippen LogP contribution in [0.25, 0.3) is 10.9 Å². The quantitative estimate of drug-likeness (QED) is 0.662. The topological polar surface area (TPSA) is 36.0 Å². The number of H-pyrrole nitrogens is 1. The van der Waals surface area contributed by atoms with Crippen LogP contribution in [0.2, 0.25) is 0 Å². The Bertz CT molecular complexity index is 403. The highest BCUT2D eigenvalue weighted by atomic mass is 16.3. The van der Waals surface area contributed by atoms with Gasteiger partial charge in [0.2, 0.25) is 0 Å². The molecular weight excluding hydrogens is 150 g/mol. The van der Waals surface area contributed by atoms with Gasteiger partial charge in [-0.25, -0.2) is 0 Å². The molecule has 0 saturated carbocycles. The molecule has 2 nitrogen and oxygen atoms in total. The minimum absolute atomic E-state index is 0.234. The normalized spacial score (nSPS) is 10.8. The van der Waals surface area contributed by atoms with E-state index in [4.69, 9.17) is 5.11 Å². The lowest BCUT2D eigenvalue weighted by Gasteiger charge is -1.94. The summed E-state index contributed by atoms with van der Waals surface area (Å²) in [6.07, 6.45) is 1.03. The molecule has 0 radical (unpaired) electrons. The molecule has 0 amide bonds. The van der Waals surface area contributed by atoms with Crippen LogP contribution in [0, 0.1) is 0 Å². The SMILES string of the molecule is CCc1ccc2[nH]c(O)cc2c1. The fraction of sp³-hybridized carbons (Fsp3) is 0.200. The average Bonchev–Trinajstić information content (AvgIpc) is 2.43. The molecule has 0 aliphatic rings. The molecule has 0 atom stereocenters. The van der Waals surface area contributed by atoms with Crippen LogP contribution in [0.5, 0.6) is 5.88 Å². The Balaban J connectivity index is 2.66. The van der Waals surface area contributed by atoms with Gasteiger partial charge in [-0.1, -0.05) is 13.0 Å². The highest BCUT2D eigenvalue weighted by molar-refractivity contribution is 5.81. The molecule has 0 spiro atoms. The Hall–Kier alpha value is -1.44. The molecule has 0 saturated heterocycles. The number of rotatable bonds is 1. The largest absolute Gasteiger partial charge is 0.495 e. The van der Waals surface area contributed by atoms with Crippen molar-refractivity contribution in [2.24, 2.45) is 0 Å². The molecule has 0 bridgehead atoms. The van der Waals surface area contributed by atoms with Gasteiger partial charge >= 0.3 is 0 Å². The lowest BCUT2D eigenvalue weighted by molar-refractivity contribution is 0.458. The summed E-state index contributed by atoms with van der Waals surface area (Å²) in [5.41, 5.74) is 2.28. The minimum Gasteiger partial charge on any atom is -0.495 e. The Morgan fingerprint density at radius 1 is 1.33 bits per heavy atom. The van der Waals surface area contributed by atoms with E-state index in [-0.39, 0.29) is 5.88 Å². The third kappa shape index (κ3) is 1.05. The summed E-state index contributed by atoms with van der Waals surface area (Å²) >= 11 is 0. The van der Waals surface area contributed by atoms with E-state index < -0.39 is 0 Å². The van der Waals surface area contributed by atoms with Crippen LogP contribution in [0.4, 0.5) is 0 Å². The van der Waals surface area contributed by atoms with Crippen molar-refractivity contribution >= 4 is 10.9 Å². The second kappa shape index (κ2) is 2.55. The van der Waals surface area contributed by atoms with Crippen LogP contribution in [-0.2, 0) is 6.42 Å². The first-order valence-corrected chi connectivity index (χ1v) is 4.10. The molecule has 2 heteroatoms. The summed E-state index contributed by atoms with van der Waals surface area (Å²) in [4.78, 5) is 2.87. The zero-order chi connectivity index (χ0) is 8.55. The maximum Gasteiger partial charge on any atom is 0.189 e. The number of aromatic amines is 1. The van der Waals surface area contributed by atoms with Crippen LogP contribution < -0.4 is 0 Å². The van der Waals surface area contributed by atoms with E-state index in [1.807, 2.05) is 6.07 Å². The Morgan fingerprint density at radius 2 is 2.17 bits per heavy atom. The molecule has 0 aliphatic carbocycles. The molecule has 0 fully saturated rings. The number of benzene rings is 1. The van der Waals surface area contributed by atoms with Gasteiger partial charge in [0.1, 0.15) is 0 Å². The second-order valence-corrected chi connectivity index (χ2v) is 2.93. The van der Waals surface area contributed by atoms with Gasteiger partial charge in [-0.15, -0.1) is 0 Å². The summed E-state index contributed by atoms with van der Waals surface area (Å²) in [6, 6.07) is 7.90. The smallest absolute Gasteiger partial charge is 0.189 e. The van der Waals surface area contributed by atoms with Crippen molar-refractivity contribution in [3.8, 4) is 5.88 Å². The van der Waals surface area contributed by atoms with Gasteiger partial charge in [-0.05, 0) is 24.1 Å². The molecule has 1 aromatic carbocycles. The molecule has 2 rings (SSSR count). The van der Waals surface area contributed by atoms with E-state index in [0.717, 1.165) is 17.3 Å². The number of nitrogens with one attached hydrogen (secondary N) is 1. The van der Waals surface area contributed by atoms with Crippen LogP contribution in [-0.4, -0.2) is 10.1 Å². The van der Waals surface area contributed by atoms with Crippen LogP contribution >= 0.6 is 0 Å². The van der Waals surface area contributed by atoms with Crippen molar-refractivity contribution in [3.05, 3.63) is 29.8 Å². The molecule has 0 unspecified atom stereocenters. The number of hydrogen-bond acceptors (Lipinski definition) is 1. The number of hydrogen-bond donors (Lipinski definition) is 2. The summed E-state index contributed by atoms with van der Waals surface area (Å²) in [6.45, 7) is 2.12. The number of aromatic nitrogens is 1. The van der Waals surface area contributed by atoms with Crippen LogP contribution in [0.1, 0.15) is 12.5 Å². The Kier molecular flexibility index (Phi) is 1.54. The predicted octanol–water partition coefficient (Wildman–Crippen LogP) is 2.44. The fourth-order valence-electron chi connectivity index (χ4n) is 1.39. The Labute approximate surface area is 70.8 Å². The van der Waals surface area contributed by atoms with E-state index in [0.29, 0.717) is 0 Å². The number of fused-ring (bicyclic) bond motifs is 1. The van der Waals surface area contributed by atoms with E-state index >= 15 is 0 Å². The minimum atomic E-state index is 0.234. The van der Waals surface area contributed by atoms with Gasteiger partial charge in [-0.3, -0.25) is 0 Å². The van der Waals surface area contributed by atoms with E-state index in [1.54, 1.807) is 6.07 Å². The van der Waals surface area contributed by atoms with Gasteiger partial charge < -0.3 is 10.1 Å². The van der Waals surface area contributed by atoms with Gasteiger partial charge in [0.15, 0.2) is 5.88 Å². The third-order valence-corrected chi connectivity index (χ3v) is 2.08. The second-order valence-electron chi connectivity index (χ2n) is 2.93.